The summed E-state index contributed by atoms with van der Waals surface area (Å²) in [6.45, 7) is 0. The minimum absolute atomic E-state index is 0.0216. The van der Waals surface area contributed by atoms with E-state index in [1.54, 1.807) is 7.11 Å². The molecule has 4 rings (SSSR count). The maximum atomic E-state index is 12.3. The molecule has 1 saturated heterocycles. The van der Waals surface area contributed by atoms with E-state index in [1.807, 2.05) is 53.1 Å². The maximum Gasteiger partial charge on any atom is 0.230 e. The van der Waals surface area contributed by atoms with E-state index in [-0.39, 0.29) is 29.2 Å². The zero-order chi connectivity index (χ0) is 20.4. The molecule has 152 valence electrons. The van der Waals surface area contributed by atoms with Crippen LogP contribution in [0.3, 0.4) is 0 Å². The van der Waals surface area contributed by atoms with Crippen molar-refractivity contribution >= 4 is 38.5 Å². The van der Waals surface area contributed by atoms with E-state index in [0.717, 1.165) is 22.5 Å². The number of sulfone groups is 1. The molecule has 0 bridgehead atoms. The first-order chi connectivity index (χ1) is 13.9. The van der Waals surface area contributed by atoms with Crippen molar-refractivity contribution in [3.05, 3.63) is 48.5 Å². The molecule has 0 saturated carbocycles. The van der Waals surface area contributed by atoms with Gasteiger partial charge in [-0.3, -0.25) is 9.36 Å². The van der Waals surface area contributed by atoms with Gasteiger partial charge in [-0.05, 0) is 42.8 Å². The van der Waals surface area contributed by atoms with Crippen molar-refractivity contribution in [3.8, 4) is 11.4 Å². The lowest BCUT2D eigenvalue weighted by Crippen LogP contribution is -2.36. The third-order valence-corrected chi connectivity index (χ3v) is 7.50. The van der Waals surface area contributed by atoms with Crippen LogP contribution in [0, 0.1) is 0 Å². The lowest BCUT2D eigenvalue weighted by molar-refractivity contribution is -0.119. The monoisotopic (exact) mass is 431 g/mol. The summed E-state index contributed by atoms with van der Waals surface area (Å²) in [6.07, 6.45) is 0.475. The van der Waals surface area contributed by atoms with Gasteiger partial charge in [0.2, 0.25) is 5.91 Å². The third-order valence-electron chi connectivity index (χ3n) is 4.79. The van der Waals surface area contributed by atoms with Gasteiger partial charge in [0.05, 0.1) is 35.4 Å². The fraction of sp³-hybridized carbons (Fsp3) is 0.300. The lowest BCUT2D eigenvalue weighted by atomic mass is 10.2. The van der Waals surface area contributed by atoms with Gasteiger partial charge in [-0.2, -0.15) is 0 Å². The lowest BCUT2D eigenvalue weighted by Gasteiger charge is -2.12. The van der Waals surface area contributed by atoms with Gasteiger partial charge in [0.25, 0.3) is 0 Å². The van der Waals surface area contributed by atoms with E-state index in [4.69, 9.17) is 4.74 Å². The number of methoxy groups -OCH3 is 1. The predicted molar refractivity (Wildman–Crippen MR) is 114 cm³/mol. The van der Waals surface area contributed by atoms with E-state index in [0.29, 0.717) is 11.6 Å². The molecule has 29 heavy (non-hydrogen) atoms. The zero-order valence-electron chi connectivity index (χ0n) is 15.9. The molecule has 0 unspecified atom stereocenters. The smallest absolute Gasteiger partial charge is 0.230 e. The third kappa shape index (κ3) is 4.40. The summed E-state index contributed by atoms with van der Waals surface area (Å²) in [5.74, 6) is 0.894. The number of nitrogens with zero attached hydrogens (tertiary/aromatic N) is 2. The molecule has 1 amide bonds. The summed E-state index contributed by atoms with van der Waals surface area (Å²) < 4.78 is 30.4. The van der Waals surface area contributed by atoms with Crippen LogP contribution in [0.1, 0.15) is 6.42 Å². The van der Waals surface area contributed by atoms with Crippen LogP contribution in [0.4, 0.5) is 0 Å². The molecule has 1 aliphatic rings. The summed E-state index contributed by atoms with van der Waals surface area (Å²) >= 11 is 1.33. The second kappa shape index (κ2) is 8.08. The summed E-state index contributed by atoms with van der Waals surface area (Å²) in [5.41, 5.74) is 2.71. The highest BCUT2D eigenvalue weighted by atomic mass is 32.2. The van der Waals surface area contributed by atoms with Gasteiger partial charge in [0.1, 0.15) is 5.75 Å². The quantitative estimate of drug-likeness (QED) is 0.603. The van der Waals surface area contributed by atoms with Crippen LogP contribution in [0.15, 0.2) is 53.7 Å². The Morgan fingerprint density at radius 3 is 2.69 bits per heavy atom. The Balaban J connectivity index is 1.54. The van der Waals surface area contributed by atoms with Crippen molar-refractivity contribution in [3.63, 3.8) is 0 Å². The van der Waals surface area contributed by atoms with Crippen molar-refractivity contribution in [2.24, 2.45) is 0 Å². The Bertz CT molecular complexity index is 1140. The Morgan fingerprint density at radius 1 is 1.24 bits per heavy atom. The number of hydrogen-bond donors (Lipinski definition) is 1. The first kappa shape index (κ1) is 19.8. The number of aromatic nitrogens is 2. The SMILES string of the molecule is COc1ccc(-n2c(SCC(=O)N[C@@H]3CCS(=O)(=O)C3)nc3ccccc32)cc1. The molecule has 0 spiro atoms. The molecule has 2 aromatic carbocycles. The van der Waals surface area contributed by atoms with E-state index >= 15 is 0 Å². The first-order valence-electron chi connectivity index (χ1n) is 9.20. The van der Waals surface area contributed by atoms with Crippen molar-refractivity contribution in [2.45, 2.75) is 17.6 Å². The van der Waals surface area contributed by atoms with Crippen LogP contribution in [0.5, 0.6) is 5.75 Å². The van der Waals surface area contributed by atoms with Gasteiger partial charge >= 0.3 is 0 Å². The fourth-order valence-corrected chi connectivity index (χ4v) is 5.90. The summed E-state index contributed by atoms with van der Waals surface area (Å²) in [6, 6.07) is 15.1. The molecule has 1 fully saturated rings. The normalized spacial score (nSPS) is 18.0. The summed E-state index contributed by atoms with van der Waals surface area (Å²) in [7, 11) is -1.40. The molecule has 1 N–H and O–H groups in total. The largest absolute Gasteiger partial charge is 0.497 e. The molecule has 3 aromatic rings. The van der Waals surface area contributed by atoms with Crippen LogP contribution < -0.4 is 10.1 Å². The van der Waals surface area contributed by atoms with Crippen LogP contribution in [0.2, 0.25) is 0 Å². The average molecular weight is 432 g/mol. The van der Waals surface area contributed by atoms with Crippen LogP contribution >= 0.6 is 11.8 Å². The number of hydrogen-bond acceptors (Lipinski definition) is 6. The Hall–Kier alpha value is -2.52. The van der Waals surface area contributed by atoms with Gasteiger partial charge in [-0.25, -0.2) is 13.4 Å². The number of imidazole rings is 1. The number of carbonyl (C=O) groups excluding carboxylic acids is 1. The first-order valence-corrected chi connectivity index (χ1v) is 12.0. The van der Waals surface area contributed by atoms with Gasteiger partial charge in [-0.15, -0.1) is 0 Å². The van der Waals surface area contributed by atoms with Gasteiger partial charge in [0.15, 0.2) is 15.0 Å². The second-order valence-corrected chi connectivity index (χ2v) is 10.0. The van der Waals surface area contributed by atoms with Crippen molar-refractivity contribution < 1.29 is 17.9 Å². The van der Waals surface area contributed by atoms with Crippen LogP contribution in [-0.4, -0.2) is 54.3 Å². The van der Waals surface area contributed by atoms with Crippen molar-refractivity contribution in [1.82, 2.24) is 14.9 Å². The molecule has 0 radical (unpaired) electrons. The minimum Gasteiger partial charge on any atom is -0.497 e. The van der Waals surface area contributed by atoms with E-state index in [1.165, 1.54) is 11.8 Å². The Kier molecular flexibility index (Phi) is 5.51. The molecule has 2 heterocycles. The fourth-order valence-electron chi connectivity index (χ4n) is 3.39. The molecule has 9 heteroatoms. The number of carbonyl (C=O) groups is 1. The standard InChI is InChI=1S/C20H21N3O4S2/c1-27-16-8-6-15(7-9-16)23-18-5-3-2-4-17(18)22-20(23)28-12-19(24)21-14-10-11-29(25,26)13-14/h2-9,14H,10-13H2,1H3,(H,21,24)/t14-/m1/s1. The number of thioether (sulfide) groups is 1. The highest BCUT2D eigenvalue weighted by molar-refractivity contribution is 7.99. The molecular weight excluding hydrogens is 410 g/mol. The molecule has 0 aliphatic carbocycles. The van der Waals surface area contributed by atoms with E-state index in [9.17, 15) is 13.2 Å². The van der Waals surface area contributed by atoms with Crippen LogP contribution in [-0.2, 0) is 14.6 Å². The molecular formula is C20H21N3O4S2. The van der Waals surface area contributed by atoms with Crippen molar-refractivity contribution in [2.75, 3.05) is 24.4 Å². The molecule has 1 aromatic heterocycles. The number of amides is 1. The molecule has 1 aliphatic heterocycles. The van der Waals surface area contributed by atoms with Crippen molar-refractivity contribution in [1.29, 1.82) is 0 Å². The van der Waals surface area contributed by atoms with Gasteiger partial charge in [-0.1, -0.05) is 23.9 Å². The summed E-state index contributed by atoms with van der Waals surface area (Å²) in [5, 5.41) is 3.52. The zero-order valence-corrected chi connectivity index (χ0v) is 17.5. The number of para-hydroxylation sites is 2. The average Bonchev–Trinajstić information content (AvgIpc) is 3.25. The Morgan fingerprint density at radius 2 is 2.00 bits per heavy atom. The minimum atomic E-state index is -3.02. The predicted octanol–water partition coefficient (Wildman–Crippen LogP) is 2.43. The number of ether oxygens (including phenoxy) is 1. The van der Waals surface area contributed by atoms with Crippen LogP contribution in [0.25, 0.3) is 16.7 Å². The van der Waals surface area contributed by atoms with Gasteiger partial charge < -0.3 is 10.1 Å². The van der Waals surface area contributed by atoms with E-state index in [2.05, 4.69) is 10.3 Å². The second-order valence-electron chi connectivity index (χ2n) is 6.87. The van der Waals surface area contributed by atoms with E-state index < -0.39 is 9.84 Å². The number of rotatable bonds is 6. The highest BCUT2D eigenvalue weighted by Gasteiger charge is 2.29. The number of nitrogens with one attached hydrogen (secondary N) is 1. The molecule has 1 atom stereocenters. The highest BCUT2D eigenvalue weighted by Crippen LogP contribution is 2.29. The van der Waals surface area contributed by atoms with Gasteiger partial charge in [0, 0.05) is 11.7 Å². The topological polar surface area (TPSA) is 90.3 Å². The number of fused-ring (bicyclic) bond motifs is 1. The Labute approximate surface area is 173 Å². The maximum absolute atomic E-state index is 12.3. The summed E-state index contributed by atoms with van der Waals surface area (Å²) in [4.78, 5) is 17.0. The molecule has 7 nitrogen and oxygen atoms in total. The number of benzene rings is 2.